The lowest BCUT2D eigenvalue weighted by atomic mass is 10.2. The van der Waals surface area contributed by atoms with Gasteiger partial charge in [0.2, 0.25) is 0 Å². The largest absolute Gasteiger partial charge is 0.207 e. The molecule has 0 N–H and O–H groups in total. The summed E-state index contributed by atoms with van der Waals surface area (Å²) in [6, 6.07) is 14.4. The van der Waals surface area contributed by atoms with Gasteiger partial charge in [-0.1, -0.05) is 30.0 Å². The molecule has 0 unspecified atom stereocenters. The summed E-state index contributed by atoms with van der Waals surface area (Å²) in [4.78, 5) is 2.12. The van der Waals surface area contributed by atoms with Crippen LogP contribution in [0.1, 0.15) is 5.56 Å². The highest BCUT2D eigenvalue weighted by atomic mass is 32.2. The molecule has 0 spiro atoms. The molecule has 0 saturated carbocycles. The maximum atomic E-state index is 12.7. The van der Waals surface area contributed by atoms with Gasteiger partial charge in [0.05, 0.1) is 0 Å². The highest BCUT2D eigenvalue weighted by molar-refractivity contribution is 7.99. The van der Waals surface area contributed by atoms with Gasteiger partial charge in [0.1, 0.15) is 5.82 Å². The number of hydrogen-bond acceptors (Lipinski definition) is 1. The Balaban J connectivity index is 2.22. The fraction of sp³-hybridized carbons (Fsp3) is 0. The molecule has 15 heavy (non-hydrogen) atoms. The summed E-state index contributed by atoms with van der Waals surface area (Å²) in [6.07, 6.45) is 0. The number of benzene rings is 2. The summed E-state index contributed by atoms with van der Waals surface area (Å²) in [5.41, 5.74) is 0.992. The Hall–Kier alpha value is -1.28. The molecule has 0 amide bonds. The zero-order chi connectivity index (χ0) is 10.7. The molecule has 0 aromatic heterocycles. The van der Waals surface area contributed by atoms with Crippen molar-refractivity contribution in [3.05, 3.63) is 66.8 Å². The maximum Gasteiger partial charge on any atom is 0.123 e. The Bertz CT molecular complexity index is 448. The second kappa shape index (κ2) is 4.49. The summed E-state index contributed by atoms with van der Waals surface area (Å²) < 4.78 is 12.7. The molecule has 0 aliphatic heterocycles. The maximum absolute atomic E-state index is 12.7. The van der Waals surface area contributed by atoms with Gasteiger partial charge in [0, 0.05) is 9.79 Å². The van der Waals surface area contributed by atoms with Gasteiger partial charge >= 0.3 is 0 Å². The van der Waals surface area contributed by atoms with E-state index in [0.717, 1.165) is 15.4 Å². The van der Waals surface area contributed by atoms with Crippen molar-refractivity contribution in [1.29, 1.82) is 0 Å². The molecule has 0 heterocycles. The number of rotatable bonds is 2. The summed E-state index contributed by atoms with van der Waals surface area (Å²) in [7, 11) is 0. The first kappa shape index (κ1) is 10.2. The lowest BCUT2D eigenvalue weighted by Gasteiger charge is -2.04. The van der Waals surface area contributed by atoms with Crippen LogP contribution in [0.4, 0.5) is 4.39 Å². The highest BCUT2D eigenvalue weighted by Gasteiger charge is 2.00. The van der Waals surface area contributed by atoms with E-state index in [9.17, 15) is 4.39 Å². The van der Waals surface area contributed by atoms with Crippen molar-refractivity contribution >= 4 is 11.8 Å². The van der Waals surface area contributed by atoms with Crippen LogP contribution in [0, 0.1) is 12.7 Å². The van der Waals surface area contributed by atoms with Crippen molar-refractivity contribution in [2.75, 3.05) is 0 Å². The van der Waals surface area contributed by atoms with Crippen LogP contribution >= 0.6 is 11.8 Å². The van der Waals surface area contributed by atoms with Gasteiger partial charge in [0.15, 0.2) is 0 Å². The standard InChI is InChI=1S/C13H10FS/c1-10-4-2-3-5-13(10)15-12-8-6-11(14)7-9-12/h2-9H,1H2. The first-order valence-corrected chi connectivity index (χ1v) is 5.42. The van der Waals surface area contributed by atoms with Gasteiger partial charge in [-0.2, -0.15) is 0 Å². The highest BCUT2D eigenvalue weighted by Crippen LogP contribution is 2.29. The van der Waals surface area contributed by atoms with Crippen LogP contribution in [0.3, 0.4) is 0 Å². The molecular weight excluding hydrogens is 207 g/mol. The molecule has 0 atom stereocenters. The topological polar surface area (TPSA) is 0 Å². The average molecular weight is 217 g/mol. The van der Waals surface area contributed by atoms with Crippen LogP contribution in [0.2, 0.25) is 0 Å². The molecule has 2 rings (SSSR count). The Morgan fingerprint density at radius 3 is 2.27 bits per heavy atom. The van der Waals surface area contributed by atoms with E-state index in [1.807, 2.05) is 24.3 Å². The van der Waals surface area contributed by atoms with Gasteiger partial charge in [-0.15, -0.1) is 0 Å². The third-order valence-electron chi connectivity index (χ3n) is 2.01. The second-order valence-electron chi connectivity index (χ2n) is 3.16. The van der Waals surface area contributed by atoms with Crippen molar-refractivity contribution in [3.63, 3.8) is 0 Å². The van der Waals surface area contributed by atoms with Crippen molar-refractivity contribution in [3.8, 4) is 0 Å². The van der Waals surface area contributed by atoms with E-state index in [0.29, 0.717) is 0 Å². The Morgan fingerprint density at radius 2 is 1.60 bits per heavy atom. The number of hydrogen-bond donors (Lipinski definition) is 0. The Labute approximate surface area is 93.1 Å². The normalized spacial score (nSPS) is 10.3. The fourth-order valence-electron chi connectivity index (χ4n) is 1.23. The zero-order valence-electron chi connectivity index (χ0n) is 8.11. The SMILES string of the molecule is [CH2]c1ccccc1Sc1ccc(F)cc1. The smallest absolute Gasteiger partial charge is 0.123 e. The summed E-state index contributed by atoms with van der Waals surface area (Å²) >= 11 is 1.59. The predicted molar refractivity (Wildman–Crippen MR) is 61.4 cm³/mol. The van der Waals surface area contributed by atoms with E-state index in [2.05, 4.69) is 6.92 Å². The van der Waals surface area contributed by atoms with Crippen molar-refractivity contribution in [2.24, 2.45) is 0 Å². The van der Waals surface area contributed by atoms with Gasteiger partial charge in [-0.25, -0.2) is 4.39 Å². The third-order valence-corrected chi connectivity index (χ3v) is 3.14. The van der Waals surface area contributed by atoms with Crippen LogP contribution in [0.15, 0.2) is 58.3 Å². The third kappa shape index (κ3) is 2.60. The van der Waals surface area contributed by atoms with E-state index in [-0.39, 0.29) is 5.82 Å². The Kier molecular flexibility index (Phi) is 3.07. The average Bonchev–Trinajstić information content (AvgIpc) is 2.25. The van der Waals surface area contributed by atoms with E-state index in [1.165, 1.54) is 12.1 Å². The molecular formula is C13H10FS. The van der Waals surface area contributed by atoms with Crippen molar-refractivity contribution in [2.45, 2.75) is 9.79 Å². The van der Waals surface area contributed by atoms with E-state index >= 15 is 0 Å². The number of halogens is 1. The zero-order valence-corrected chi connectivity index (χ0v) is 8.93. The minimum atomic E-state index is -0.206. The first-order valence-electron chi connectivity index (χ1n) is 4.60. The van der Waals surface area contributed by atoms with Crippen LogP contribution in [0.25, 0.3) is 0 Å². The van der Waals surface area contributed by atoms with Gasteiger partial charge in [-0.05, 0) is 42.8 Å². The minimum absolute atomic E-state index is 0.206. The van der Waals surface area contributed by atoms with Crippen LogP contribution in [0.5, 0.6) is 0 Å². The monoisotopic (exact) mass is 217 g/mol. The van der Waals surface area contributed by atoms with Crippen molar-refractivity contribution < 1.29 is 4.39 Å². The summed E-state index contributed by atoms with van der Waals surface area (Å²) in [6.45, 7) is 3.94. The van der Waals surface area contributed by atoms with Crippen LogP contribution < -0.4 is 0 Å². The predicted octanol–water partition coefficient (Wildman–Crippen LogP) is 4.16. The summed E-state index contributed by atoms with van der Waals surface area (Å²) in [5, 5.41) is 0. The molecule has 2 aromatic carbocycles. The van der Waals surface area contributed by atoms with E-state index in [1.54, 1.807) is 23.9 Å². The molecule has 75 valence electrons. The van der Waals surface area contributed by atoms with Gasteiger partial charge in [0.25, 0.3) is 0 Å². The molecule has 0 aliphatic rings. The van der Waals surface area contributed by atoms with Gasteiger partial charge in [-0.3, -0.25) is 0 Å². The lowest BCUT2D eigenvalue weighted by Crippen LogP contribution is -1.79. The lowest BCUT2D eigenvalue weighted by molar-refractivity contribution is 0.626. The molecule has 1 radical (unpaired) electrons. The Morgan fingerprint density at radius 1 is 0.933 bits per heavy atom. The molecule has 0 nitrogen and oxygen atoms in total. The summed E-state index contributed by atoms with van der Waals surface area (Å²) in [5.74, 6) is -0.206. The second-order valence-corrected chi connectivity index (χ2v) is 4.28. The van der Waals surface area contributed by atoms with Crippen LogP contribution in [-0.2, 0) is 0 Å². The quantitative estimate of drug-likeness (QED) is 0.728. The minimum Gasteiger partial charge on any atom is -0.207 e. The molecule has 2 aromatic rings. The molecule has 0 bridgehead atoms. The fourth-order valence-corrected chi connectivity index (χ4v) is 2.10. The molecule has 2 heteroatoms. The van der Waals surface area contributed by atoms with E-state index in [4.69, 9.17) is 0 Å². The molecule has 0 aliphatic carbocycles. The van der Waals surface area contributed by atoms with Crippen LogP contribution in [-0.4, -0.2) is 0 Å². The molecule has 0 saturated heterocycles. The molecule has 0 fully saturated rings. The first-order chi connectivity index (χ1) is 7.25. The van der Waals surface area contributed by atoms with Gasteiger partial charge < -0.3 is 0 Å². The van der Waals surface area contributed by atoms with Crippen molar-refractivity contribution in [1.82, 2.24) is 0 Å². The van der Waals surface area contributed by atoms with E-state index < -0.39 is 0 Å².